The van der Waals surface area contributed by atoms with Gasteiger partial charge in [-0.25, -0.2) is 0 Å². The Morgan fingerprint density at radius 2 is 2.00 bits per heavy atom. The molecule has 3 heteroatoms. The van der Waals surface area contributed by atoms with Crippen molar-refractivity contribution in [1.82, 2.24) is 15.1 Å². The highest BCUT2D eigenvalue weighted by atomic mass is 15.3. The van der Waals surface area contributed by atoms with Crippen LogP contribution in [0, 0.1) is 5.92 Å². The maximum atomic E-state index is 4.25. The molecular formula is C11H21N3. The Hall–Kier alpha value is -0.830. The topological polar surface area (TPSA) is 29.9 Å². The van der Waals surface area contributed by atoms with Gasteiger partial charge in [0.15, 0.2) is 0 Å². The summed E-state index contributed by atoms with van der Waals surface area (Å²) in [5.74, 6) is 0.595. The van der Waals surface area contributed by atoms with Crippen molar-refractivity contribution in [3.63, 3.8) is 0 Å². The highest BCUT2D eigenvalue weighted by Crippen LogP contribution is 2.14. The average molecular weight is 195 g/mol. The molecule has 2 unspecified atom stereocenters. The number of nitrogens with zero attached hydrogens (tertiary/aromatic N) is 2. The fourth-order valence-corrected chi connectivity index (χ4v) is 1.37. The number of aromatic nitrogens is 2. The van der Waals surface area contributed by atoms with Crippen LogP contribution in [0.15, 0.2) is 18.5 Å². The van der Waals surface area contributed by atoms with Crippen LogP contribution >= 0.6 is 0 Å². The lowest BCUT2D eigenvalue weighted by Gasteiger charge is -2.21. The lowest BCUT2D eigenvalue weighted by molar-refractivity contribution is 0.329. The van der Waals surface area contributed by atoms with Crippen LogP contribution in [-0.4, -0.2) is 22.4 Å². The molecule has 0 saturated heterocycles. The molecule has 14 heavy (non-hydrogen) atoms. The van der Waals surface area contributed by atoms with Gasteiger partial charge in [-0.3, -0.25) is 4.68 Å². The minimum absolute atomic E-state index is 0.455. The van der Waals surface area contributed by atoms with Gasteiger partial charge in [-0.1, -0.05) is 20.8 Å². The van der Waals surface area contributed by atoms with Gasteiger partial charge in [0.2, 0.25) is 0 Å². The van der Waals surface area contributed by atoms with Crippen LogP contribution in [0.1, 0.15) is 33.7 Å². The molecule has 0 aromatic carbocycles. The predicted molar refractivity (Wildman–Crippen MR) is 59.2 cm³/mol. The Labute approximate surface area is 86.5 Å². The van der Waals surface area contributed by atoms with Gasteiger partial charge in [0.25, 0.3) is 0 Å². The summed E-state index contributed by atoms with van der Waals surface area (Å²) < 4.78 is 2.02. The van der Waals surface area contributed by atoms with Crippen molar-refractivity contribution < 1.29 is 0 Å². The van der Waals surface area contributed by atoms with Crippen molar-refractivity contribution in [2.45, 2.75) is 39.8 Å². The molecule has 0 aliphatic rings. The lowest BCUT2D eigenvalue weighted by atomic mass is 10.0. The summed E-state index contributed by atoms with van der Waals surface area (Å²) in [5, 5.41) is 7.70. The first-order chi connectivity index (χ1) is 6.61. The van der Waals surface area contributed by atoms with Crippen LogP contribution in [-0.2, 0) is 0 Å². The Kier molecular flexibility index (Phi) is 4.14. The Balaban J connectivity index is 2.41. The van der Waals surface area contributed by atoms with Gasteiger partial charge in [0, 0.05) is 18.4 Å². The van der Waals surface area contributed by atoms with Crippen LogP contribution in [0.2, 0.25) is 0 Å². The number of hydrogen-bond donors (Lipinski definition) is 1. The molecule has 1 aromatic heterocycles. The summed E-state index contributed by atoms with van der Waals surface area (Å²) in [6.45, 7) is 9.84. The number of hydrogen-bond acceptors (Lipinski definition) is 2. The molecule has 0 aliphatic carbocycles. The quantitative estimate of drug-likeness (QED) is 0.779. The first-order valence-electron chi connectivity index (χ1n) is 5.33. The third kappa shape index (κ3) is 3.14. The normalized spacial score (nSPS) is 15.8. The van der Waals surface area contributed by atoms with E-state index in [4.69, 9.17) is 0 Å². The van der Waals surface area contributed by atoms with E-state index in [1.54, 1.807) is 0 Å². The van der Waals surface area contributed by atoms with Gasteiger partial charge in [-0.05, 0) is 25.5 Å². The SMILES string of the molecule is CC(C)NCC(C)C(C)n1cccn1. The van der Waals surface area contributed by atoms with E-state index in [1.807, 2.05) is 23.1 Å². The van der Waals surface area contributed by atoms with Crippen molar-refractivity contribution in [2.75, 3.05) is 6.54 Å². The third-order valence-electron chi connectivity index (χ3n) is 2.61. The smallest absolute Gasteiger partial charge is 0.0528 e. The summed E-state index contributed by atoms with van der Waals surface area (Å²) in [7, 11) is 0. The molecule has 0 saturated carbocycles. The van der Waals surface area contributed by atoms with Gasteiger partial charge in [0.05, 0.1) is 6.04 Å². The minimum atomic E-state index is 0.455. The second-order valence-corrected chi connectivity index (χ2v) is 4.27. The zero-order valence-electron chi connectivity index (χ0n) is 9.57. The first kappa shape index (κ1) is 11.2. The molecule has 0 aliphatic heterocycles. The molecule has 0 fully saturated rings. The van der Waals surface area contributed by atoms with Crippen molar-refractivity contribution in [2.24, 2.45) is 5.92 Å². The molecule has 0 spiro atoms. The summed E-state index contributed by atoms with van der Waals surface area (Å²) in [6.07, 6.45) is 3.86. The van der Waals surface area contributed by atoms with E-state index in [0.717, 1.165) is 6.54 Å². The number of rotatable bonds is 5. The second kappa shape index (κ2) is 5.15. The maximum absolute atomic E-state index is 4.25. The highest BCUT2D eigenvalue weighted by molar-refractivity contribution is 4.82. The van der Waals surface area contributed by atoms with E-state index in [9.17, 15) is 0 Å². The van der Waals surface area contributed by atoms with Crippen molar-refractivity contribution >= 4 is 0 Å². The van der Waals surface area contributed by atoms with Crippen LogP contribution < -0.4 is 5.32 Å². The average Bonchev–Trinajstić information content (AvgIpc) is 2.65. The van der Waals surface area contributed by atoms with Crippen LogP contribution in [0.3, 0.4) is 0 Å². The molecule has 0 amide bonds. The van der Waals surface area contributed by atoms with Crippen molar-refractivity contribution in [3.8, 4) is 0 Å². The fourth-order valence-electron chi connectivity index (χ4n) is 1.37. The predicted octanol–water partition coefficient (Wildman–Crippen LogP) is 2.08. The monoisotopic (exact) mass is 195 g/mol. The van der Waals surface area contributed by atoms with Crippen molar-refractivity contribution in [3.05, 3.63) is 18.5 Å². The van der Waals surface area contributed by atoms with Crippen LogP contribution in [0.5, 0.6) is 0 Å². The highest BCUT2D eigenvalue weighted by Gasteiger charge is 2.13. The second-order valence-electron chi connectivity index (χ2n) is 4.27. The lowest BCUT2D eigenvalue weighted by Crippen LogP contribution is -2.31. The minimum Gasteiger partial charge on any atom is -0.314 e. The summed E-state index contributed by atoms with van der Waals surface area (Å²) in [5.41, 5.74) is 0. The zero-order valence-corrected chi connectivity index (χ0v) is 9.57. The van der Waals surface area contributed by atoms with E-state index in [0.29, 0.717) is 18.0 Å². The molecule has 80 valence electrons. The van der Waals surface area contributed by atoms with E-state index >= 15 is 0 Å². The Morgan fingerprint density at radius 1 is 1.29 bits per heavy atom. The fraction of sp³-hybridized carbons (Fsp3) is 0.727. The first-order valence-corrected chi connectivity index (χ1v) is 5.33. The molecule has 1 aromatic rings. The van der Waals surface area contributed by atoms with Crippen LogP contribution in [0.4, 0.5) is 0 Å². The molecule has 1 N–H and O–H groups in total. The number of nitrogens with one attached hydrogen (secondary N) is 1. The van der Waals surface area contributed by atoms with Crippen molar-refractivity contribution in [1.29, 1.82) is 0 Å². The Bertz CT molecular complexity index is 241. The van der Waals surface area contributed by atoms with Gasteiger partial charge >= 0.3 is 0 Å². The van der Waals surface area contributed by atoms with E-state index in [-0.39, 0.29) is 0 Å². The molecule has 0 bridgehead atoms. The maximum Gasteiger partial charge on any atom is 0.0528 e. The standard InChI is InChI=1S/C11H21N3/c1-9(2)12-8-10(3)11(4)14-7-5-6-13-14/h5-7,9-12H,8H2,1-4H3. The third-order valence-corrected chi connectivity index (χ3v) is 2.61. The molecule has 2 atom stereocenters. The summed E-state index contributed by atoms with van der Waals surface area (Å²) >= 11 is 0. The van der Waals surface area contributed by atoms with E-state index in [2.05, 4.69) is 38.1 Å². The molecule has 1 heterocycles. The van der Waals surface area contributed by atoms with Gasteiger partial charge in [-0.2, -0.15) is 5.10 Å². The van der Waals surface area contributed by atoms with Gasteiger partial charge in [0.1, 0.15) is 0 Å². The molecule has 3 nitrogen and oxygen atoms in total. The Morgan fingerprint density at radius 3 is 2.50 bits per heavy atom. The largest absolute Gasteiger partial charge is 0.314 e. The van der Waals surface area contributed by atoms with E-state index < -0.39 is 0 Å². The molecular weight excluding hydrogens is 174 g/mol. The van der Waals surface area contributed by atoms with Crippen LogP contribution in [0.25, 0.3) is 0 Å². The molecule has 1 rings (SSSR count). The molecule has 0 radical (unpaired) electrons. The van der Waals surface area contributed by atoms with E-state index in [1.165, 1.54) is 0 Å². The summed E-state index contributed by atoms with van der Waals surface area (Å²) in [6, 6.07) is 2.98. The zero-order chi connectivity index (χ0) is 10.6. The summed E-state index contributed by atoms with van der Waals surface area (Å²) in [4.78, 5) is 0. The van der Waals surface area contributed by atoms with Gasteiger partial charge in [-0.15, -0.1) is 0 Å². The van der Waals surface area contributed by atoms with Gasteiger partial charge < -0.3 is 5.32 Å².